The van der Waals surface area contributed by atoms with Gasteiger partial charge in [0, 0.05) is 20.1 Å². The number of aliphatic hydroxyl groups excluding tert-OH is 1. The van der Waals surface area contributed by atoms with Crippen molar-refractivity contribution in [2.75, 3.05) is 50.2 Å². The molecule has 0 aliphatic rings. The van der Waals surface area contributed by atoms with Crippen LogP contribution in [-0.2, 0) is 4.74 Å². The van der Waals surface area contributed by atoms with Gasteiger partial charge in [0.15, 0.2) is 5.82 Å². The van der Waals surface area contributed by atoms with Crippen LogP contribution in [0.4, 0.5) is 11.8 Å². The number of halogens is 1. The number of rotatable bonds is 8. The number of hydrogen-bond acceptors (Lipinski definition) is 6. The van der Waals surface area contributed by atoms with E-state index in [0.717, 1.165) is 6.54 Å². The van der Waals surface area contributed by atoms with Crippen molar-refractivity contribution in [2.24, 2.45) is 0 Å². The summed E-state index contributed by atoms with van der Waals surface area (Å²) in [6.07, 6.45) is 1.58. The zero-order chi connectivity index (χ0) is 13.4. The van der Waals surface area contributed by atoms with Crippen LogP contribution in [0.5, 0.6) is 0 Å². The maximum absolute atomic E-state index is 8.60. The fraction of sp³-hybridized carbons (Fsp3) is 0.636. The van der Waals surface area contributed by atoms with E-state index in [4.69, 9.17) is 21.4 Å². The van der Waals surface area contributed by atoms with Gasteiger partial charge in [-0.25, -0.2) is 4.98 Å². The molecule has 0 spiro atoms. The molecule has 0 radical (unpaired) electrons. The third-order valence-corrected chi connectivity index (χ3v) is 2.50. The molecule has 0 aliphatic heterocycles. The Morgan fingerprint density at radius 3 is 2.94 bits per heavy atom. The lowest BCUT2D eigenvalue weighted by molar-refractivity contribution is 0.0970. The van der Waals surface area contributed by atoms with E-state index in [9.17, 15) is 0 Å². The van der Waals surface area contributed by atoms with Crippen LogP contribution in [0.15, 0.2) is 6.20 Å². The monoisotopic (exact) mass is 274 g/mol. The summed E-state index contributed by atoms with van der Waals surface area (Å²) in [5, 5.41) is 12.1. The second-order valence-electron chi connectivity index (χ2n) is 3.65. The Morgan fingerprint density at radius 2 is 2.28 bits per heavy atom. The van der Waals surface area contributed by atoms with Gasteiger partial charge in [-0.05, 0) is 6.92 Å². The van der Waals surface area contributed by atoms with Gasteiger partial charge in [0.1, 0.15) is 5.02 Å². The summed E-state index contributed by atoms with van der Waals surface area (Å²) in [5.74, 6) is 1.22. The molecule has 0 atom stereocenters. The lowest BCUT2D eigenvalue weighted by atomic mass is 10.5. The van der Waals surface area contributed by atoms with Crippen LogP contribution in [-0.4, -0.2) is 55.0 Å². The molecule has 0 amide bonds. The van der Waals surface area contributed by atoms with Gasteiger partial charge in [-0.3, -0.25) is 0 Å². The number of aromatic nitrogens is 2. The van der Waals surface area contributed by atoms with E-state index in [1.54, 1.807) is 6.20 Å². The minimum Gasteiger partial charge on any atom is -0.394 e. The van der Waals surface area contributed by atoms with Crippen molar-refractivity contribution in [3.05, 3.63) is 11.2 Å². The van der Waals surface area contributed by atoms with Crippen LogP contribution in [0, 0.1) is 0 Å². The van der Waals surface area contributed by atoms with Gasteiger partial charge in [0.2, 0.25) is 5.95 Å². The predicted octanol–water partition coefficient (Wildman–Crippen LogP) is 1.01. The molecule has 0 saturated carbocycles. The quantitative estimate of drug-likeness (QED) is 0.690. The van der Waals surface area contributed by atoms with Gasteiger partial charge in [0.25, 0.3) is 0 Å². The number of ether oxygens (including phenoxy) is 1. The first-order chi connectivity index (χ1) is 8.69. The van der Waals surface area contributed by atoms with Crippen molar-refractivity contribution in [1.82, 2.24) is 9.97 Å². The molecule has 0 saturated heterocycles. The number of nitrogens with zero attached hydrogens (tertiary/aromatic N) is 3. The van der Waals surface area contributed by atoms with Gasteiger partial charge < -0.3 is 20.1 Å². The normalized spacial score (nSPS) is 10.4. The van der Waals surface area contributed by atoms with Crippen molar-refractivity contribution in [2.45, 2.75) is 6.92 Å². The number of hydrogen-bond donors (Lipinski definition) is 2. The maximum Gasteiger partial charge on any atom is 0.224 e. The van der Waals surface area contributed by atoms with E-state index in [1.807, 2.05) is 18.9 Å². The van der Waals surface area contributed by atoms with E-state index < -0.39 is 0 Å². The summed E-state index contributed by atoms with van der Waals surface area (Å²) in [6.45, 7) is 4.25. The van der Waals surface area contributed by atoms with E-state index in [2.05, 4.69) is 15.3 Å². The van der Waals surface area contributed by atoms with Crippen LogP contribution in [0.1, 0.15) is 6.92 Å². The average Bonchev–Trinajstić information content (AvgIpc) is 2.37. The number of likely N-dealkylation sites (N-methyl/N-ethyl adjacent to an activating group) is 1. The number of anilines is 2. The average molecular weight is 275 g/mol. The van der Waals surface area contributed by atoms with Crippen molar-refractivity contribution in [1.29, 1.82) is 0 Å². The Balaban J connectivity index is 2.59. The van der Waals surface area contributed by atoms with Crippen LogP contribution in [0.3, 0.4) is 0 Å². The SMILES string of the molecule is CCNc1ncc(Cl)c(N(C)CCOCCO)n1. The van der Waals surface area contributed by atoms with Crippen LogP contribution in [0.25, 0.3) is 0 Å². The van der Waals surface area contributed by atoms with Gasteiger partial charge in [-0.15, -0.1) is 0 Å². The molecule has 1 aromatic heterocycles. The highest BCUT2D eigenvalue weighted by Gasteiger charge is 2.09. The van der Waals surface area contributed by atoms with Crippen LogP contribution in [0.2, 0.25) is 5.02 Å². The van der Waals surface area contributed by atoms with E-state index >= 15 is 0 Å². The van der Waals surface area contributed by atoms with E-state index in [-0.39, 0.29) is 6.61 Å². The van der Waals surface area contributed by atoms with E-state index in [0.29, 0.717) is 36.5 Å². The number of aliphatic hydroxyl groups is 1. The summed E-state index contributed by atoms with van der Waals surface area (Å²) >= 11 is 6.06. The fourth-order valence-electron chi connectivity index (χ4n) is 1.34. The van der Waals surface area contributed by atoms with Crippen molar-refractivity contribution in [3.63, 3.8) is 0 Å². The fourth-order valence-corrected chi connectivity index (χ4v) is 1.58. The molecule has 1 aromatic rings. The van der Waals surface area contributed by atoms with Crippen molar-refractivity contribution in [3.8, 4) is 0 Å². The molecule has 2 N–H and O–H groups in total. The lowest BCUT2D eigenvalue weighted by Crippen LogP contribution is -2.24. The first-order valence-electron chi connectivity index (χ1n) is 5.85. The Labute approximate surface area is 112 Å². The van der Waals surface area contributed by atoms with Gasteiger partial charge >= 0.3 is 0 Å². The summed E-state index contributed by atoms with van der Waals surface area (Å²) in [5.41, 5.74) is 0. The first-order valence-corrected chi connectivity index (χ1v) is 6.23. The van der Waals surface area contributed by atoms with Crippen molar-refractivity contribution < 1.29 is 9.84 Å². The van der Waals surface area contributed by atoms with E-state index in [1.165, 1.54) is 0 Å². The standard InChI is InChI=1S/C11H19ClN4O2/c1-3-13-11-14-8-9(12)10(15-11)16(2)4-6-18-7-5-17/h8,17H,3-7H2,1-2H3,(H,13,14,15). The lowest BCUT2D eigenvalue weighted by Gasteiger charge is -2.19. The summed E-state index contributed by atoms with van der Waals surface area (Å²) in [7, 11) is 1.88. The molecule has 1 rings (SSSR count). The topological polar surface area (TPSA) is 70.5 Å². The molecule has 1 heterocycles. The molecule has 0 fully saturated rings. The minimum absolute atomic E-state index is 0.0303. The molecule has 0 aliphatic carbocycles. The summed E-state index contributed by atoms with van der Waals surface area (Å²) in [6, 6.07) is 0. The Kier molecular flexibility index (Phi) is 6.70. The zero-order valence-electron chi connectivity index (χ0n) is 10.7. The number of nitrogens with one attached hydrogen (secondary N) is 1. The minimum atomic E-state index is 0.0303. The molecule has 0 unspecified atom stereocenters. The predicted molar refractivity (Wildman–Crippen MR) is 72.4 cm³/mol. The van der Waals surface area contributed by atoms with Gasteiger partial charge in [0.05, 0.1) is 26.0 Å². The summed E-state index contributed by atoms with van der Waals surface area (Å²) < 4.78 is 5.20. The molecular formula is C11H19ClN4O2. The smallest absolute Gasteiger partial charge is 0.224 e. The van der Waals surface area contributed by atoms with Crippen LogP contribution >= 0.6 is 11.6 Å². The summed E-state index contributed by atoms with van der Waals surface area (Å²) in [4.78, 5) is 10.3. The van der Waals surface area contributed by atoms with Gasteiger partial charge in [-0.2, -0.15) is 4.98 Å². The second-order valence-corrected chi connectivity index (χ2v) is 4.06. The highest BCUT2D eigenvalue weighted by Crippen LogP contribution is 2.22. The highest BCUT2D eigenvalue weighted by molar-refractivity contribution is 6.32. The second kappa shape index (κ2) is 8.07. The highest BCUT2D eigenvalue weighted by atomic mass is 35.5. The third-order valence-electron chi connectivity index (χ3n) is 2.23. The molecule has 0 bridgehead atoms. The Hall–Kier alpha value is -1.11. The maximum atomic E-state index is 8.60. The molecular weight excluding hydrogens is 256 g/mol. The Morgan fingerprint density at radius 1 is 1.50 bits per heavy atom. The zero-order valence-corrected chi connectivity index (χ0v) is 11.4. The third kappa shape index (κ3) is 4.64. The molecule has 7 heteroatoms. The molecule has 102 valence electrons. The van der Waals surface area contributed by atoms with Crippen molar-refractivity contribution >= 4 is 23.4 Å². The first kappa shape index (κ1) is 14.9. The molecule has 0 aromatic carbocycles. The molecule has 6 nitrogen and oxygen atoms in total. The molecule has 18 heavy (non-hydrogen) atoms. The van der Waals surface area contributed by atoms with Gasteiger partial charge in [-0.1, -0.05) is 11.6 Å². The largest absolute Gasteiger partial charge is 0.394 e. The van der Waals surface area contributed by atoms with Crippen LogP contribution < -0.4 is 10.2 Å². The Bertz CT molecular complexity index is 365.